The molecule has 1 aromatic heterocycles. The van der Waals surface area contributed by atoms with Crippen molar-refractivity contribution in [1.29, 1.82) is 0 Å². The first-order chi connectivity index (χ1) is 18.7. The van der Waals surface area contributed by atoms with E-state index in [1.807, 2.05) is 32.1 Å². The number of hydrogen-bond donors (Lipinski definition) is 2. The molecule has 0 unspecified atom stereocenters. The van der Waals surface area contributed by atoms with Gasteiger partial charge in [0.05, 0.1) is 30.7 Å². The normalized spacial score (nSPS) is 28.3. The number of aliphatic imine (C=N–C) groups is 1. The molecule has 0 saturated heterocycles. The van der Waals surface area contributed by atoms with E-state index in [0.29, 0.717) is 55.9 Å². The van der Waals surface area contributed by atoms with Crippen LogP contribution in [0.15, 0.2) is 41.5 Å². The van der Waals surface area contributed by atoms with Gasteiger partial charge in [0, 0.05) is 35.7 Å². The molecule has 0 aliphatic carbocycles. The minimum Gasteiger partial charge on any atom is -0.493 e. The second-order valence-corrected chi connectivity index (χ2v) is 11.6. The second-order valence-electron chi connectivity index (χ2n) is 11.6. The van der Waals surface area contributed by atoms with Crippen molar-refractivity contribution in [2.45, 2.75) is 82.5 Å². The number of hydrogen-bond acceptors (Lipinski definition) is 7. The number of rotatable bonds is 1. The summed E-state index contributed by atoms with van der Waals surface area (Å²) < 4.78 is 12.1. The van der Waals surface area contributed by atoms with Gasteiger partial charge in [0.25, 0.3) is 5.91 Å². The molecule has 0 saturated carbocycles. The van der Waals surface area contributed by atoms with Crippen molar-refractivity contribution in [2.75, 3.05) is 6.61 Å². The average molecular weight is 530 g/mol. The van der Waals surface area contributed by atoms with Crippen molar-refractivity contribution in [3.8, 4) is 11.6 Å². The lowest BCUT2D eigenvalue weighted by Crippen LogP contribution is -2.53. The van der Waals surface area contributed by atoms with Crippen molar-refractivity contribution in [1.82, 2.24) is 15.2 Å². The van der Waals surface area contributed by atoms with Crippen molar-refractivity contribution in [3.05, 3.63) is 58.8 Å². The van der Waals surface area contributed by atoms with Crippen LogP contribution in [0.3, 0.4) is 0 Å². The zero-order chi connectivity index (χ0) is 27.4. The molecule has 3 N–H and O–H groups in total. The predicted octanol–water partition coefficient (Wildman–Crippen LogP) is 4.44. The number of fused-ring (bicyclic) bond motifs is 4. The fraction of sp³-hybridized carbons (Fsp3) is 0.467. The third-order valence-corrected chi connectivity index (χ3v) is 8.33. The Bertz CT molecular complexity index is 1400. The Hall–Kier alpha value is -3.88. The molecule has 0 fully saturated rings. The van der Waals surface area contributed by atoms with Crippen molar-refractivity contribution < 1.29 is 19.1 Å². The number of ether oxygens (including phenoxy) is 2. The third kappa shape index (κ3) is 4.64. The van der Waals surface area contributed by atoms with Crippen LogP contribution in [0.2, 0.25) is 0 Å². The van der Waals surface area contributed by atoms with E-state index < -0.39 is 11.1 Å². The highest BCUT2D eigenvalue weighted by Crippen LogP contribution is 2.42. The zero-order valence-corrected chi connectivity index (χ0v) is 22.7. The molecule has 204 valence electrons. The van der Waals surface area contributed by atoms with Gasteiger partial charge in [-0.25, -0.2) is 9.98 Å². The largest absolute Gasteiger partial charge is 0.493 e. The highest BCUT2D eigenvalue weighted by molar-refractivity contribution is 6.00. The molecule has 39 heavy (non-hydrogen) atoms. The quantitative estimate of drug-likeness (QED) is 0.564. The lowest BCUT2D eigenvalue weighted by atomic mass is 9.84. The van der Waals surface area contributed by atoms with Gasteiger partial charge < -0.3 is 20.5 Å². The van der Waals surface area contributed by atoms with Gasteiger partial charge in [-0.1, -0.05) is 19.1 Å². The highest BCUT2D eigenvalue weighted by Gasteiger charge is 2.42. The van der Waals surface area contributed by atoms with E-state index in [9.17, 15) is 9.59 Å². The van der Waals surface area contributed by atoms with Gasteiger partial charge >= 0.3 is 0 Å². The zero-order valence-electron chi connectivity index (χ0n) is 22.7. The third-order valence-electron chi connectivity index (χ3n) is 8.33. The van der Waals surface area contributed by atoms with Crippen molar-refractivity contribution in [3.63, 3.8) is 0 Å². The number of carbonyl (C=O) groups is 2. The van der Waals surface area contributed by atoms with E-state index in [4.69, 9.17) is 20.2 Å². The summed E-state index contributed by atoms with van der Waals surface area (Å²) in [6, 6.07) is 6.80. The van der Waals surface area contributed by atoms with E-state index in [0.717, 1.165) is 23.1 Å². The summed E-state index contributed by atoms with van der Waals surface area (Å²) in [6.45, 7) is 6.51. The van der Waals surface area contributed by atoms with Gasteiger partial charge in [-0.05, 0) is 62.9 Å². The maximum atomic E-state index is 13.6. The molecule has 9 heteroatoms. The molecule has 0 spiro atoms. The Morgan fingerprint density at radius 2 is 2.05 bits per heavy atom. The Morgan fingerprint density at radius 3 is 2.85 bits per heavy atom. The minimum absolute atomic E-state index is 0.0454. The number of carbonyl (C=O) groups excluding carboxylic acids is 2. The summed E-state index contributed by atoms with van der Waals surface area (Å²) in [5, 5.41) is 3.22. The first-order valence-electron chi connectivity index (χ1n) is 13.8. The first-order valence-corrected chi connectivity index (χ1v) is 13.8. The topological polar surface area (TPSA) is 119 Å². The standard InChI is InChI=1S/C30H35N5O4/c1-4-30-11-6-5-7-18-13-20-22(15-29(2,3)39-27(20)32-17-18)33-26(37)19-8-9-24-21(14-19)23(10-12-38-24)35(25(36)16-30)28(31)34-30/h5,7-9,13-14,17,22-23H,4,6,10-12,15-16H2,1-3H3,(H2,31,34)(H,33,37)/b7-5+/t22-,23+,30+/m0/s1. The van der Waals surface area contributed by atoms with Crippen LogP contribution in [0.25, 0.3) is 6.08 Å². The lowest BCUT2D eigenvalue weighted by molar-refractivity contribution is -0.132. The van der Waals surface area contributed by atoms with Gasteiger partial charge in [-0.2, -0.15) is 0 Å². The van der Waals surface area contributed by atoms with Crippen molar-refractivity contribution >= 4 is 23.8 Å². The van der Waals surface area contributed by atoms with Gasteiger partial charge in [0.1, 0.15) is 11.4 Å². The maximum Gasteiger partial charge on any atom is 0.251 e. The monoisotopic (exact) mass is 529 g/mol. The van der Waals surface area contributed by atoms with E-state index in [1.54, 1.807) is 23.2 Å². The number of nitrogens with zero attached hydrogens (tertiary/aromatic N) is 3. The summed E-state index contributed by atoms with van der Waals surface area (Å²) in [7, 11) is 0. The van der Waals surface area contributed by atoms with Crippen LogP contribution in [0, 0.1) is 0 Å². The number of allylic oxidation sites excluding steroid dienone is 1. The Balaban J connectivity index is 1.46. The summed E-state index contributed by atoms with van der Waals surface area (Å²) >= 11 is 0. The molecule has 5 aliphatic rings. The summed E-state index contributed by atoms with van der Waals surface area (Å²) in [6.07, 6.45) is 9.52. The van der Waals surface area contributed by atoms with Crippen LogP contribution in [0.5, 0.6) is 11.6 Å². The smallest absolute Gasteiger partial charge is 0.251 e. The SMILES string of the molecule is CC[C@@]12CC/C=C/c3cnc4c(c3)[C@H](CC(C)(C)O4)NC(=O)c3ccc4c(c3)[C@@H](CCO4)N(C(=O)C1)C(N)=N2. The van der Waals surface area contributed by atoms with E-state index in [2.05, 4.69) is 23.3 Å². The molecule has 3 atom stereocenters. The number of benzene rings is 1. The number of guanidine groups is 1. The molecule has 1 aromatic carbocycles. The van der Waals surface area contributed by atoms with Crippen LogP contribution >= 0.6 is 0 Å². The van der Waals surface area contributed by atoms with Crippen LogP contribution in [0.4, 0.5) is 0 Å². The van der Waals surface area contributed by atoms with Gasteiger partial charge in [-0.15, -0.1) is 0 Å². The fourth-order valence-corrected chi connectivity index (χ4v) is 6.23. The number of amides is 2. The molecule has 2 aromatic rings. The van der Waals surface area contributed by atoms with E-state index >= 15 is 0 Å². The van der Waals surface area contributed by atoms with Gasteiger partial charge in [-0.3, -0.25) is 14.5 Å². The number of nitrogens with one attached hydrogen (secondary N) is 1. The maximum absolute atomic E-state index is 13.6. The van der Waals surface area contributed by atoms with E-state index in [1.165, 1.54) is 0 Å². The molecule has 6 bridgehead atoms. The predicted molar refractivity (Wildman–Crippen MR) is 147 cm³/mol. The van der Waals surface area contributed by atoms with Crippen LogP contribution < -0.4 is 20.5 Å². The minimum atomic E-state index is -0.540. The second kappa shape index (κ2) is 9.39. The molecular weight excluding hydrogens is 494 g/mol. The molecule has 2 amide bonds. The number of pyridine rings is 1. The fourth-order valence-electron chi connectivity index (χ4n) is 6.23. The van der Waals surface area contributed by atoms with Gasteiger partial charge in [0.2, 0.25) is 11.8 Å². The van der Waals surface area contributed by atoms with Crippen LogP contribution in [-0.2, 0) is 4.79 Å². The molecule has 9 nitrogen and oxygen atoms in total. The van der Waals surface area contributed by atoms with E-state index in [-0.39, 0.29) is 29.9 Å². The highest BCUT2D eigenvalue weighted by atomic mass is 16.5. The Kier molecular flexibility index (Phi) is 6.12. The first kappa shape index (κ1) is 25.4. The molecular formula is C30H35N5O4. The average Bonchev–Trinajstić information content (AvgIpc) is 2.90. The summed E-state index contributed by atoms with van der Waals surface area (Å²) in [5.74, 6) is 1.17. The molecule has 5 aliphatic heterocycles. The Labute approximate surface area is 228 Å². The van der Waals surface area contributed by atoms with Gasteiger partial charge in [0.15, 0.2) is 5.96 Å². The Morgan fingerprint density at radius 1 is 1.21 bits per heavy atom. The van der Waals surface area contributed by atoms with Crippen molar-refractivity contribution in [2.24, 2.45) is 10.7 Å². The number of nitrogens with two attached hydrogens (primary N) is 1. The summed E-state index contributed by atoms with van der Waals surface area (Å²) in [5.41, 5.74) is 8.53. The number of aromatic nitrogens is 1. The molecule has 6 heterocycles. The van der Waals surface area contributed by atoms with Crippen LogP contribution in [-0.4, -0.2) is 45.4 Å². The lowest BCUT2D eigenvalue weighted by Gasteiger charge is -2.42. The molecule has 7 rings (SSSR count). The van der Waals surface area contributed by atoms with Crippen LogP contribution in [0.1, 0.15) is 98.4 Å². The summed E-state index contributed by atoms with van der Waals surface area (Å²) in [4.78, 5) is 38.3. The molecule has 0 radical (unpaired) electrons.